The van der Waals surface area contributed by atoms with Crippen molar-refractivity contribution in [1.29, 1.82) is 0 Å². The van der Waals surface area contributed by atoms with Crippen LogP contribution in [-0.4, -0.2) is 56.6 Å². The Balaban J connectivity index is 2.10. The lowest BCUT2D eigenvalue weighted by Crippen LogP contribution is -2.49. The van der Waals surface area contributed by atoms with E-state index in [1.807, 2.05) is 19.0 Å². The first-order chi connectivity index (χ1) is 10.3. The number of pyridine rings is 1. The van der Waals surface area contributed by atoms with Crippen molar-refractivity contribution in [2.24, 2.45) is 0 Å². The lowest BCUT2D eigenvalue weighted by molar-refractivity contribution is -0.120. The molecule has 1 fully saturated rings. The summed E-state index contributed by atoms with van der Waals surface area (Å²) in [5.74, 6) is 0.484. The number of hydrogen-bond acceptors (Lipinski definition) is 5. The highest BCUT2D eigenvalue weighted by atomic mass is 32.2. The number of sulfonamides is 1. The summed E-state index contributed by atoms with van der Waals surface area (Å²) in [7, 11) is 0.383. The van der Waals surface area contributed by atoms with Crippen LogP contribution in [0.3, 0.4) is 0 Å². The molecule has 1 aromatic heterocycles. The van der Waals surface area contributed by atoms with Gasteiger partial charge in [-0.25, -0.2) is 13.4 Å². The van der Waals surface area contributed by atoms with Crippen LogP contribution in [0.4, 0.5) is 11.5 Å². The zero-order chi connectivity index (χ0) is 16.3. The zero-order valence-electron chi connectivity index (χ0n) is 13.1. The van der Waals surface area contributed by atoms with E-state index in [9.17, 15) is 13.2 Å². The molecule has 0 saturated carbocycles. The average Bonchev–Trinajstić information content (AvgIpc) is 2.47. The van der Waals surface area contributed by atoms with E-state index in [1.54, 1.807) is 18.3 Å². The van der Waals surface area contributed by atoms with Gasteiger partial charge in [-0.1, -0.05) is 6.42 Å². The molecule has 0 aromatic carbocycles. The molecule has 22 heavy (non-hydrogen) atoms. The molecule has 8 heteroatoms. The lowest BCUT2D eigenvalue weighted by Gasteiger charge is -2.32. The third-order valence-corrected chi connectivity index (χ3v) is 4.94. The van der Waals surface area contributed by atoms with Crippen LogP contribution in [0.15, 0.2) is 18.3 Å². The molecule has 1 aliphatic heterocycles. The Morgan fingerprint density at radius 2 is 2.09 bits per heavy atom. The quantitative estimate of drug-likeness (QED) is 0.889. The van der Waals surface area contributed by atoms with E-state index in [2.05, 4.69) is 10.3 Å². The minimum Gasteiger partial charge on any atom is -0.363 e. The van der Waals surface area contributed by atoms with Crippen molar-refractivity contribution in [3.63, 3.8) is 0 Å². The van der Waals surface area contributed by atoms with Crippen LogP contribution in [0.2, 0.25) is 0 Å². The predicted molar refractivity (Wildman–Crippen MR) is 86.4 cm³/mol. The maximum Gasteiger partial charge on any atom is 0.242 e. The molecule has 2 rings (SSSR count). The summed E-state index contributed by atoms with van der Waals surface area (Å²) in [6.07, 6.45) is 4.90. The molecule has 1 atom stereocenters. The fraction of sp³-hybridized carbons (Fsp3) is 0.571. The molecule has 0 spiro atoms. The summed E-state index contributed by atoms with van der Waals surface area (Å²) in [6.45, 7) is 0.398. The third-order valence-electron chi connectivity index (χ3n) is 3.66. The zero-order valence-corrected chi connectivity index (χ0v) is 13.9. The van der Waals surface area contributed by atoms with E-state index in [4.69, 9.17) is 0 Å². The van der Waals surface area contributed by atoms with Crippen molar-refractivity contribution in [3.8, 4) is 0 Å². The van der Waals surface area contributed by atoms with Crippen LogP contribution in [0.25, 0.3) is 0 Å². The monoisotopic (exact) mass is 326 g/mol. The lowest BCUT2D eigenvalue weighted by atomic mass is 10.0. The minimum absolute atomic E-state index is 0.301. The standard InChI is InChI=1S/C14H22N4O3S/c1-17(2)13-8-7-11(10-15-13)16-14(19)12-6-4-5-9-18(12)22(3,20)21/h7-8,10,12H,4-6,9H2,1-3H3,(H,16,19)/t12-/m1/s1. The van der Waals surface area contributed by atoms with E-state index in [0.29, 0.717) is 18.7 Å². The molecule has 7 nitrogen and oxygen atoms in total. The van der Waals surface area contributed by atoms with Gasteiger partial charge in [0.15, 0.2) is 0 Å². The van der Waals surface area contributed by atoms with Gasteiger partial charge < -0.3 is 10.2 Å². The summed E-state index contributed by atoms with van der Waals surface area (Å²) in [5, 5.41) is 2.75. The van der Waals surface area contributed by atoms with E-state index in [0.717, 1.165) is 24.9 Å². The highest BCUT2D eigenvalue weighted by Crippen LogP contribution is 2.21. The molecule has 0 bridgehead atoms. The van der Waals surface area contributed by atoms with Crippen LogP contribution in [0, 0.1) is 0 Å². The number of anilines is 2. The second-order valence-corrected chi connectivity index (χ2v) is 7.61. The van der Waals surface area contributed by atoms with Gasteiger partial charge in [0.2, 0.25) is 15.9 Å². The van der Waals surface area contributed by atoms with Crippen molar-refractivity contribution < 1.29 is 13.2 Å². The van der Waals surface area contributed by atoms with Gasteiger partial charge in [0, 0.05) is 20.6 Å². The number of carbonyl (C=O) groups excluding carboxylic acids is 1. The molecule has 1 saturated heterocycles. The van der Waals surface area contributed by atoms with Gasteiger partial charge in [-0.3, -0.25) is 4.79 Å². The Bertz CT molecular complexity index is 628. The van der Waals surface area contributed by atoms with Gasteiger partial charge in [-0.05, 0) is 25.0 Å². The van der Waals surface area contributed by atoms with Gasteiger partial charge in [0.1, 0.15) is 11.9 Å². The van der Waals surface area contributed by atoms with Gasteiger partial charge in [0.25, 0.3) is 0 Å². The molecule has 2 heterocycles. The first-order valence-corrected chi connectivity index (χ1v) is 9.05. The fourth-order valence-electron chi connectivity index (χ4n) is 2.51. The second-order valence-electron chi connectivity index (χ2n) is 5.67. The Kier molecular flexibility index (Phi) is 5.02. The highest BCUT2D eigenvalue weighted by molar-refractivity contribution is 7.88. The minimum atomic E-state index is -3.38. The van der Waals surface area contributed by atoms with Gasteiger partial charge in [-0.15, -0.1) is 0 Å². The molecular formula is C14H22N4O3S. The number of nitrogens with zero attached hydrogens (tertiary/aromatic N) is 3. The van der Waals surface area contributed by atoms with Crippen LogP contribution < -0.4 is 10.2 Å². The van der Waals surface area contributed by atoms with Gasteiger partial charge in [0.05, 0.1) is 18.1 Å². The molecular weight excluding hydrogens is 304 g/mol. The van der Waals surface area contributed by atoms with Gasteiger partial charge >= 0.3 is 0 Å². The summed E-state index contributed by atoms with van der Waals surface area (Å²) in [4.78, 5) is 18.5. The molecule has 1 aliphatic rings. The largest absolute Gasteiger partial charge is 0.363 e. The summed E-state index contributed by atoms with van der Waals surface area (Å²) >= 11 is 0. The number of hydrogen-bond donors (Lipinski definition) is 1. The summed E-state index contributed by atoms with van der Waals surface area (Å²) in [6, 6.07) is 2.91. The number of piperidine rings is 1. The molecule has 1 amide bonds. The predicted octanol–water partition coefficient (Wildman–Crippen LogP) is 0.900. The fourth-order valence-corrected chi connectivity index (χ4v) is 3.64. The van der Waals surface area contributed by atoms with Crippen molar-refractivity contribution in [1.82, 2.24) is 9.29 Å². The first-order valence-electron chi connectivity index (χ1n) is 7.20. The molecule has 1 aromatic rings. The van der Waals surface area contributed by atoms with Gasteiger partial charge in [-0.2, -0.15) is 4.31 Å². The van der Waals surface area contributed by atoms with E-state index in [1.165, 1.54) is 4.31 Å². The number of amides is 1. The number of nitrogens with one attached hydrogen (secondary N) is 1. The first kappa shape index (κ1) is 16.7. The smallest absolute Gasteiger partial charge is 0.242 e. The average molecular weight is 326 g/mol. The Morgan fingerprint density at radius 3 is 2.64 bits per heavy atom. The highest BCUT2D eigenvalue weighted by Gasteiger charge is 2.34. The maximum atomic E-state index is 12.4. The Hall–Kier alpha value is -1.67. The maximum absolute atomic E-state index is 12.4. The van der Waals surface area contributed by atoms with Crippen molar-refractivity contribution in [2.45, 2.75) is 25.3 Å². The number of rotatable bonds is 4. The second kappa shape index (κ2) is 6.62. The van der Waals surface area contributed by atoms with Crippen molar-refractivity contribution in [2.75, 3.05) is 37.1 Å². The van der Waals surface area contributed by atoms with Crippen LogP contribution >= 0.6 is 0 Å². The van der Waals surface area contributed by atoms with E-state index in [-0.39, 0.29) is 5.91 Å². The van der Waals surface area contributed by atoms with Crippen LogP contribution in [0.1, 0.15) is 19.3 Å². The van der Waals surface area contributed by atoms with E-state index < -0.39 is 16.1 Å². The summed E-state index contributed by atoms with van der Waals surface area (Å²) in [5.41, 5.74) is 0.564. The normalized spacial score (nSPS) is 19.7. The topological polar surface area (TPSA) is 82.6 Å². The number of carbonyl (C=O) groups is 1. The van der Waals surface area contributed by atoms with Crippen LogP contribution in [0.5, 0.6) is 0 Å². The van der Waals surface area contributed by atoms with Crippen LogP contribution in [-0.2, 0) is 14.8 Å². The third kappa shape index (κ3) is 3.95. The molecule has 1 N–H and O–H groups in total. The Morgan fingerprint density at radius 1 is 1.36 bits per heavy atom. The number of aromatic nitrogens is 1. The molecule has 0 unspecified atom stereocenters. The molecule has 122 valence electrons. The molecule has 0 radical (unpaired) electrons. The van der Waals surface area contributed by atoms with Crippen molar-refractivity contribution >= 4 is 27.4 Å². The van der Waals surface area contributed by atoms with E-state index >= 15 is 0 Å². The summed E-state index contributed by atoms with van der Waals surface area (Å²) < 4.78 is 24.9. The van der Waals surface area contributed by atoms with Crippen molar-refractivity contribution in [3.05, 3.63) is 18.3 Å². The SMILES string of the molecule is CN(C)c1ccc(NC(=O)[C@H]2CCCCN2S(C)(=O)=O)cn1. The molecule has 0 aliphatic carbocycles. The Labute approximate surface area is 131 Å².